The summed E-state index contributed by atoms with van der Waals surface area (Å²) in [6.07, 6.45) is 9.45. The second kappa shape index (κ2) is 3.66. The molecule has 0 bridgehead atoms. The Morgan fingerprint density at radius 2 is 2.31 bits per heavy atom. The summed E-state index contributed by atoms with van der Waals surface area (Å²) in [5, 5.41) is 6.51. The molecule has 5 heteroatoms. The lowest BCUT2D eigenvalue weighted by Gasteiger charge is -2.27. The van der Waals surface area contributed by atoms with Gasteiger partial charge in [-0.15, -0.1) is 0 Å². The first-order valence-corrected chi connectivity index (χ1v) is 5.65. The summed E-state index contributed by atoms with van der Waals surface area (Å²) in [6, 6.07) is 0.570. The van der Waals surface area contributed by atoms with Gasteiger partial charge in [0.25, 0.3) is 0 Å². The number of rotatable bonds is 3. The molecule has 2 N–H and O–H groups in total. The van der Waals surface area contributed by atoms with Gasteiger partial charge in [-0.2, -0.15) is 0 Å². The first-order chi connectivity index (χ1) is 7.86. The Kier molecular flexibility index (Phi) is 2.16. The van der Waals surface area contributed by atoms with Gasteiger partial charge in [0.1, 0.15) is 5.82 Å². The maximum atomic E-state index is 4.51. The summed E-state index contributed by atoms with van der Waals surface area (Å²) in [4.78, 5) is 8.82. The van der Waals surface area contributed by atoms with Gasteiger partial charge in [-0.25, -0.2) is 9.97 Å². The van der Waals surface area contributed by atoms with Crippen LogP contribution in [0.1, 0.15) is 19.3 Å². The summed E-state index contributed by atoms with van der Waals surface area (Å²) in [5.74, 6) is 1.73. The minimum atomic E-state index is 0.570. The Morgan fingerprint density at radius 3 is 3.00 bits per heavy atom. The predicted octanol–water partition coefficient (Wildman–Crippen LogP) is 1.74. The second-order valence-electron chi connectivity index (χ2n) is 4.16. The van der Waals surface area contributed by atoms with Crippen molar-refractivity contribution in [1.29, 1.82) is 0 Å². The highest BCUT2D eigenvalue weighted by atomic mass is 15.1. The molecule has 0 atom stereocenters. The molecule has 1 aliphatic carbocycles. The zero-order chi connectivity index (χ0) is 11.0. The van der Waals surface area contributed by atoms with Crippen LogP contribution in [0.15, 0.2) is 18.6 Å². The van der Waals surface area contributed by atoms with E-state index >= 15 is 0 Å². The zero-order valence-electron chi connectivity index (χ0n) is 9.27. The van der Waals surface area contributed by atoms with Crippen molar-refractivity contribution < 1.29 is 0 Å². The molecule has 0 spiro atoms. The summed E-state index contributed by atoms with van der Waals surface area (Å²) in [5.41, 5.74) is 0.894. The molecule has 2 aromatic rings. The molecule has 0 aliphatic heterocycles. The molecule has 2 aromatic heterocycles. The largest absolute Gasteiger partial charge is 0.372 e. The Balaban J connectivity index is 2.01. The number of anilines is 2. The molecule has 1 aliphatic rings. The van der Waals surface area contributed by atoms with Gasteiger partial charge in [0, 0.05) is 25.5 Å². The van der Waals surface area contributed by atoms with E-state index in [1.54, 1.807) is 6.20 Å². The van der Waals surface area contributed by atoms with Crippen molar-refractivity contribution in [3.8, 4) is 0 Å². The van der Waals surface area contributed by atoms with Gasteiger partial charge < -0.3 is 15.0 Å². The van der Waals surface area contributed by atoms with Crippen LogP contribution in [0.5, 0.6) is 0 Å². The summed E-state index contributed by atoms with van der Waals surface area (Å²) in [6.45, 7) is 0. The summed E-state index contributed by atoms with van der Waals surface area (Å²) >= 11 is 0. The quantitative estimate of drug-likeness (QED) is 0.822. The number of hydrogen-bond acceptors (Lipinski definition) is 4. The third-order valence-corrected chi connectivity index (χ3v) is 3.08. The Labute approximate surface area is 93.9 Å². The van der Waals surface area contributed by atoms with Gasteiger partial charge in [-0.05, 0) is 19.3 Å². The SMILES string of the molecule is CNc1cn2ccnc2c(NC2CCC2)n1. The third kappa shape index (κ3) is 1.48. The van der Waals surface area contributed by atoms with Crippen molar-refractivity contribution in [2.45, 2.75) is 25.3 Å². The van der Waals surface area contributed by atoms with E-state index in [2.05, 4.69) is 20.6 Å². The molecular weight excluding hydrogens is 202 g/mol. The van der Waals surface area contributed by atoms with E-state index in [1.165, 1.54) is 19.3 Å². The van der Waals surface area contributed by atoms with E-state index in [1.807, 2.05) is 23.8 Å². The normalized spacial score (nSPS) is 16.1. The van der Waals surface area contributed by atoms with Crippen molar-refractivity contribution in [3.05, 3.63) is 18.6 Å². The molecule has 1 fully saturated rings. The van der Waals surface area contributed by atoms with Gasteiger partial charge in [0.05, 0.1) is 6.20 Å². The summed E-state index contributed by atoms with van der Waals surface area (Å²) < 4.78 is 1.99. The number of imidazole rings is 1. The smallest absolute Gasteiger partial charge is 0.180 e. The molecule has 3 rings (SSSR count). The van der Waals surface area contributed by atoms with Crippen molar-refractivity contribution in [2.75, 3.05) is 17.7 Å². The molecule has 0 aromatic carbocycles. The Hall–Kier alpha value is -1.78. The van der Waals surface area contributed by atoms with Crippen LogP contribution in [-0.4, -0.2) is 27.5 Å². The number of nitrogens with one attached hydrogen (secondary N) is 2. The van der Waals surface area contributed by atoms with Gasteiger partial charge in [-0.1, -0.05) is 0 Å². The average Bonchev–Trinajstić information content (AvgIpc) is 2.70. The minimum absolute atomic E-state index is 0.570. The first-order valence-electron chi connectivity index (χ1n) is 5.65. The zero-order valence-corrected chi connectivity index (χ0v) is 9.27. The lowest BCUT2D eigenvalue weighted by molar-refractivity contribution is 0.444. The van der Waals surface area contributed by atoms with Crippen LogP contribution in [0.4, 0.5) is 11.6 Å². The number of aromatic nitrogens is 3. The fourth-order valence-electron chi connectivity index (χ4n) is 1.89. The number of nitrogens with zero attached hydrogens (tertiary/aromatic N) is 3. The van der Waals surface area contributed by atoms with E-state index in [0.717, 1.165) is 17.3 Å². The standard InChI is InChI=1S/C11H15N5/c1-12-9-7-16-6-5-13-11(16)10(15-9)14-8-3-2-4-8/h5-8,12H,2-4H2,1H3,(H,14,15). The molecular formula is C11H15N5. The number of hydrogen-bond donors (Lipinski definition) is 2. The average molecular weight is 217 g/mol. The second-order valence-corrected chi connectivity index (χ2v) is 4.16. The minimum Gasteiger partial charge on any atom is -0.372 e. The molecule has 0 amide bonds. The monoisotopic (exact) mass is 217 g/mol. The molecule has 1 saturated carbocycles. The van der Waals surface area contributed by atoms with Crippen molar-refractivity contribution in [2.24, 2.45) is 0 Å². The molecule has 0 radical (unpaired) electrons. The molecule has 0 saturated heterocycles. The highest BCUT2D eigenvalue weighted by Gasteiger charge is 2.19. The van der Waals surface area contributed by atoms with E-state index in [9.17, 15) is 0 Å². The topological polar surface area (TPSA) is 54.2 Å². The highest BCUT2D eigenvalue weighted by Crippen LogP contribution is 2.24. The molecule has 5 nitrogen and oxygen atoms in total. The first kappa shape index (κ1) is 9.45. The van der Waals surface area contributed by atoms with Crippen LogP contribution in [0.2, 0.25) is 0 Å². The van der Waals surface area contributed by atoms with Crippen LogP contribution >= 0.6 is 0 Å². The Bertz CT molecular complexity index is 500. The van der Waals surface area contributed by atoms with E-state index in [4.69, 9.17) is 0 Å². The molecule has 0 unspecified atom stereocenters. The lowest BCUT2D eigenvalue weighted by Crippen LogP contribution is -2.27. The van der Waals surface area contributed by atoms with Gasteiger partial charge >= 0.3 is 0 Å². The fraction of sp³-hybridized carbons (Fsp3) is 0.455. The van der Waals surface area contributed by atoms with Crippen LogP contribution in [-0.2, 0) is 0 Å². The van der Waals surface area contributed by atoms with Crippen LogP contribution in [0, 0.1) is 0 Å². The van der Waals surface area contributed by atoms with Crippen molar-refractivity contribution >= 4 is 17.3 Å². The highest BCUT2D eigenvalue weighted by molar-refractivity contribution is 5.65. The van der Waals surface area contributed by atoms with Crippen LogP contribution < -0.4 is 10.6 Å². The van der Waals surface area contributed by atoms with Gasteiger partial charge in [-0.3, -0.25) is 0 Å². The fourth-order valence-corrected chi connectivity index (χ4v) is 1.89. The lowest BCUT2D eigenvalue weighted by atomic mass is 9.93. The van der Waals surface area contributed by atoms with E-state index in [0.29, 0.717) is 6.04 Å². The van der Waals surface area contributed by atoms with Crippen molar-refractivity contribution in [3.63, 3.8) is 0 Å². The van der Waals surface area contributed by atoms with Crippen LogP contribution in [0.25, 0.3) is 5.65 Å². The maximum absolute atomic E-state index is 4.51. The maximum Gasteiger partial charge on any atom is 0.180 e. The summed E-state index contributed by atoms with van der Waals surface area (Å²) in [7, 11) is 1.87. The Morgan fingerprint density at radius 1 is 1.44 bits per heavy atom. The molecule has 16 heavy (non-hydrogen) atoms. The third-order valence-electron chi connectivity index (χ3n) is 3.08. The van der Waals surface area contributed by atoms with Gasteiger partial charge in [0.15, 0.2) is 11.5 Å². The van der Waals surface area contributed by atoms with E-state index < -0.39 is 0 Å². The molecule has 2 heterocycles. The van der Waals surface area contributed by atoms with Crippen molar-refractivity contribution in [1.82, 2.24) is 14.4 Å². The number of fused-ring (bicyclic) bond motifs is 1. The predicted molar refractivity (Wildman–Crippen MR) is 63.8 cm³/mol. The van der Waals surface area contributed by atoms with Gasteiger partial charge in [0.2, 0.25) is 0 Å². The van der Waals surface area contributed by atoms with Crippen LogP contribution in [0.3, 0.4) is 0 Å². The molecule has 84 valence electrons. The van der Waals surface area contributed by atoms with E-state index in [-0.39, 0.29) is 0 Å².